The van der Waals surface area contributed by atoms with Gasteiger partial charge in [0.05, 0.1) is 11.7 Å². The molecular formula is C10H12N4. The topological polar surface area (TPSA) is 42.2 Å². The molecule has 2 aromatic heterocycles. The summed E-state index contributed by atoms with van der Waals surface area (Å²) in [5.41, 5.74) is 2.04. The standard InChI is InChI=1S/C10H12N4/c1-3-8(11-4-1)9-7-10-12-5-2-6-14(10)13-9/h2,5-8,11H,1,3-4H2. The molecule has 1 unspecified atom stereocenters. The van der Waals surface area contributed by atoms with Gasteiger partial charge in [-0.3, -0.25) is 0 Å². The second-order valence-corrected chi connectivity index (χ2v) is 3.64. The summed E-state index contributed by atoms with van der Waals surface area (Å²) in [6.45, 7) is 1.10. The van der Waals surface area contributed by atoms with E-state index in [9.17, 15) is 0 Å². The molecule has 0 radical (unpaired) electrons. The average molecular weight is 188 g/mol. The summed E-state index contributed by atoms with van der Waals surface area (Å²) in [5.74, 6) is 0. The molecule has 0 saturated carbocycles. The lowest BCUT2D eigenvalue weighted by atomic mass is 10.2. The normalized spacial score (nSPS) is 21.9. The Hall–Kier alpha value is -1.42. The molecule has 72 valence electrons. The van der Waals surface area contributed by atoms with Crippen LogP contribution in [0.15, 0.2) is 24.5 Å². The Balaban J connectivity index is 2.05. The minimum Gasteiger partial charge on any atom is -0.309 e. The number of hydrogen-bond acceptors (Lipinski definition) is 3. The van der Waals surface area contributed by atoms with E-state index in [0.29, 0.717) is 6.04 Å². The first kappa shape index (κ1) is 7.94. The van der Waals surface area contributed by atoms with Crippen LogP contribution in [0.4, 0.5) is 0 Å². The van der Waals surface area contributed by atoms with Crippen LogP contribution in [0, 0.1) is 0 Å². The highest BCUT2D eigenvalue weighted by Crippen LogP contribution is 2.21. The van der Waals surface area contributed by atoms with Crippen molar-refractivity contribution in [3.63, 3.8) is 0 Å². The zero-order valence-electron chi connectivity index (χ0n) is 7.85. The first-order valence-electron chi connectivity index (χ1n) is 4.97. The minimum atomic E-state index is 0.427. The van der Waals surface area contributed by atoms with E-state index < -0.39 is 0 Å². The summed E-state index contributed by atoms with van der Waals surface area (Å²) in [4.78, 5) is 4.25. The van der Waals surface area contributed by atoms with Crippen LogP contribution < -0.4 is 5.32 Å². The minimum absolute atomic E-state index is 0.427. The smallest absolute Gasteiger partial charge is 0.155 e. The third-order valence-corrected chi connectivity index (χ3v) is 2.67. The van der Waals surface area contributed by atoms with Crippen LogP contribution in [0.1, 0.15) is 24.6 Å². The molecule has 2 aromatic rings. The molecule has 0 aliphatic carbocycles. The molecule has 3 rings (SSSR count). The lowest BCUT2D eigenvalue weighted by Crippen LogP contribution is -2.13. The van der Waals surface area contributed by atoms with Gasteiger partial charge in [0.15, 0.2) is 5.65 Å². The Bertz CT molecular complexity index is 409. The van der Waals surface area contributed by atoms with Crippen molar-refractivity contribution in [1.29, 1.82) is 0 Å². The maximum atomic E-state index is 4.49. The van der Waals surface area contributed by atoms with E-state index >= 15 is 0 Å². The van der Waals surface area contributed by atoms with Gasteiger partial charge in [-0.15, -0.1) is 0 Å². The molecule has 1 aliphatic rings. The van der Waals surface area contributed by atoms with Crippen molar-refractivity contribution >= 4 is 5.65 Å². The van der Waals surface area contributed by atoms with E-state index in [2.05, 4.69) is 21.5 Å². The van der Waals surface area contributed by atoms with Crippen LogP contribution in [0.5, 0.6) is 0 Å². The van der Waals surface area contributed by atoms with Gasteiger partial charge in [0.25, 0.3) is 0 Å². The predicted molar refractivity (Wildman–Crippen MR) is 53.0 cm³/mol. The zero-order chi connectivity index (χ0) is 9.38. The van der Waals surface area contributed by atoms with Crippen LogP contribution in [0.2, 0.25) is 0 Å². The van der Waals surface area contributed by atoms with Gasteiger partial charge in [0.2, 0.25) is 0 Å². The van der Waals surface area contributed by atoms with Crippen molar-refractivity contribution in [2.75, 3.05) is 6.54 Å². The quantitative estimate of drug-likeness (QED) is 0.730. The fourth-order valence-corrected chi connectivity index (χ4v) is 1.96. The van der Waals surface area contributed by atoms with Crippen molar-refractivity contribution in [2.45, 2.75) is 18.9 Å². The van der Waals surface area contributed by atoms with Gasteiger partial charge in [0.1, 0.15) is 0 Å². The molecule has 14 heavy (non-hydrogen) atoms. The Morgan fingerprint density at radius 1 is 1.50 bits per heavy atom. The summed E-state index contributed by atoms with van der Waals surface area (Å²) in [7, 11) is 0. The fraction of sp³-hybridized carbons (Fsp3) is 0.400. The second kappa shape index (κ2) is 3.06. The molecule has 4 heteroatoms. The molecule has 4 nitrogen and oxygen atoms in total. The second-order valence-electron chi connectivity index (χ2n) is 3.64. The van der Waals surface area contributed by atoms with Gasteiger partial charge in [-0.25, -0.2) is 9.50 Å². The van der Waals surface area contributed by atoms with Gasteiger partial charge in [-0.1, -0.05) is 0 Å². The molecule has 1 fully saturated rings. The summed E-state index contributed by atoms with van der Waals surface area (Å²) in [5, 5.41) is 7.92. The van der Waals surface area contributed by atoms with Crippen molar-refractivity contribution < 1.29 is 0 Å². The maximum absolute atomic E-state index is 4.49. The average Bonchev–Trinajstić information content (AvgIpc) is 2.86. The Labute approximate surface area is 82.0 Å². The molecule has 1 aliphatic heterocycles. The number of rotatable bonds is 1. The highest BCUT2D eigenvalue weighted by atomic mass is 15.3. The van der Waals surface area contributed by atoms with Gasteiger partial charge < -0.3 is 5.32 Å². The largest absolute Gasteiger partial charge is 0.309 e. The van der Waals surface area contributed by atoms with Crippen LogP contribution in [0.25, 0.3) is 5.65 Å². The highest BCUT2D eigenvalue weighted by Gasteiger charge is 2.18. The molecule has 0 spiro atoms. The van der Waals surface area contributed by atoms with Crippen molar-refractivity contribution in [3.8, 4) is 0 Å². The molecule has 1 atom stereocenters. The van der Waals surface area contributed by atoms with Crippen LogP contribution in [-0.4, -0.2) is 21.1 Å². The third-order valence-electron chi connectivity index (χ3n) is 2.67. The predicted octanol–water partition coefficient (Wildman–Crippen LogP) is 1.15. The van der Waals surface area contributed by atoms with E-state index in [-0.39, 0.29) is 0 Å². The SMILES string of the molecule is c1cnc2cc(C3CCCN3)nn2c1. The van der Waals surface area contributed by atoms with Gasteiger partial charge in [0, 0.05) is 18.5 Å². The van der Waals surface area contributed by atoms with E-state index in [1.165, 1.54) is 12.8 Å². The Morgan fingerprint density at radius 3 is 3.29 bits per heavy atom. The summed E-state index contributed by atoms with van der Waals surface area (Å²) >= 11 is 0. The van der Waals surface area contributed by atoms with Gasteiger partial charge in [-0.05, 0) is 25.5 Å². The number of aromatic nitrogens is 3. The van der Waals surface area contributed by atoms with Crippen molar-refractivity contribution in [3.05, 3.63) is 30.2 Å². The van der Waals surface area contributed by atoms with Gasteiger partial charge in [-0.2, -0.15) is 5.10 Å². The lowest BCUT2D eigenvalue weighted by molar-refractivity contribution is 0.620. The first-order chi connectivity index (χ1) is 6.93. The van der Waals surface area contributed by atoms with Crippen LogP contribution in [-0.2, 0) is 0 Å². The van der Waals surface area contributed by atoms with E-state index in [1.54, 1.807) is 6.20 Å². The van der Waals surface area contributed by atoms with E-state index in [0.717, 1.165) is 17.9 Å². The first-order valence-corrected chi connectivity index (χ1v) is 4.97. The molecule has 3 heterocycles. The number of nitrogens with zero attached hydrogens (tertiary/aromatic N) is 3. The molecule has 0 aromatic carbocycles. The van der Waals surface area contributed by atoms with Crippen molar-refractivity contribution in [1.82, 2.24) is 19.9 Å². The molecular weight excluding hydrogens is 176 g/mol. The number of nitrogens with one attached hydrogen (secondary N) is 1. The van der Waals surface area contributed by atoms with E-state index in [4.69, 9.17) is 0 Å². The van der Waals surface area contributed by atoms with Crippen LogP contribution >= 0.6 is 0 Å². The maximum Gasteiger partial charge on any atom is 0.155 e. The Morgan fingerprint density at radius 2 is 2.50 bits per heavy atom. The van der Waals surface area contributed by atoms with Crippen LogP contribution in [0.3, 0.4) is 0 Å². The van der Waals surface area contributed by atoms with E-state index in [1.807, 2.05) is 16.8 Å². The Kier molecular flexibility index (Phi) is 1.73. The fourth-order valence-electron chi connectivity index (χ4n) is 1.96. The molecule has 0 bridgehead atoms. The number of fused-ring (bicyclic) bond motifs is 1. The zero-order valence-corrected chi connectivity index (χ0v) is 7.85. The van der Waals surface area contributed by atoms with Gasteiger partial charge >= 0.3 is 0 Å². The third kappa shape index (κ3) is 1.19. The lowest BCUT2D eigenvalue weighted by Gasteiger charge is -2.03. The number of hydrogen-bond donors (Lipinski definition) is 1. The summed E-state index contributed by atoms with van der Waals surface area (Å²) in [6.07, 6.45) is 6.15. The summed E-state index contributed by atoms with van der Waals surface area (Å²) < 4.78 is 1.83. The molecule has 1 saturated heterocycles. The molecule has 0 amide bonds. The highest BCUT2D eigenvalue weighted by molar-refractivity contribution is 5.39. The monoisotopic (exact) mass is 188 g/mol. The summed E-state index contributed by atoms with van der Waals surface area (Å²) in [6, 6.07) is 4.38. The molecule has 1 N–H and O–H groups in total. The van der Waals surface area contributed by atoms with Crippen molar-refractivity contribution in [2.24, 2.45) is 0 Å².